The molecule has 6 rings (SSSR count). The molecule has 3 nitrogen and oxygen atoms in total. The maximum Gasteiger partial charge on any atom is 0.306 e. The van der Waals surface area contributed by atoms with Crippen LogP contribution >= 0.6 is 0 Å². The van der Waals surface area contributed by atoms with Crippen LogP contribution in [0.15, 0.2) is 36.0 Å². The molecule has 0 bridgehead atoms. The lowest BCUT2D eigenvalue weighted by Gasteiger charge is -2.58. The van der Waals surface area contributed by atoms with Gasteiger partial charge in [0.1, 0.15) is 5.60 Å². The molecule has 3 saturated carbocycles. The smallest absolute Gasteiger partial charge is 0.306 e. The molecule has 1 heterocycles. The van der Waals surface area contributed by atoms with Crippen LogP contribution in [0.5, 0.6) is 0 Å². The first kappa shape index (κ1) is 17.2. The minimum atomic E-state index is -0.304. The third kappa shape index (κ3) is 1.82. The molecule has 4 unspecified atom stereocenters. The summed E-state index contributed by atoms with van der Waals surface area (Å²) < 4.78 is 6.09. The first-order chi connectivity index (χ1) is 13.2. The van der Waals surface area contributed by atoms with E-state index in [1.807, 2.05) is 6.08 Å². The van der Waals surface area contributed by atoms with E-state index in [-0.39, 0.29) is 33.6 Å². The average molecular weight is 379 g/mol. The van der Waals surface area contributed by atoms with E-state index in [4.69, 9.17) is 4.74 Å². The Bertz CT molecular complexity index is 889. The van der Waals surface area contributed by atoms with Crippen molar-refractivity contribution >= 4 is 11.8 Å². The monoisotopic (exact) mass is 378 g/mol. The molecule has 1 aliphatic heterocycles. The summed E-state index contributed by atoms with van der Waals surface area (Å²) in [6, 6.07) is 0. The number of rotatable bonds is 0. The van der Waals surface area contributed by atoms with Crippen molar-refractivity contribution in [3.8, 4) is 0 Å². The van der Waals surface area contributed by atoms with Gasteiger partial charge in [-0.05, 0) is 78.9 Å². The molecule has 0 amide bonds. The first-order valence-corrected chi connectivity index (χ1v) is 11.1. The molecule has 4 fully saturated rings. The Morgan fingerprint density at radius 2 is 1.86 bits per heavy atom. The van der Waals surface area contributed by atoms with Crippen LogP contribution < -0.4 is 0 Å². The van der Waals surface area contributed by atoms with E-state index >= 15 is 0 Å². The second-order valence-electron chi connectivity index (χ2n) is 11.1. The quantitative estimate of drug-likeness (QED) is 0.450. The maximum absolute atomic E-state index is 12.2. The zero-order chi connectivity index (χ0) is 19.5. The number of hydrogen-bond acceptors (Lipinski definition) is 3. The number of esters is 1. The molecule has 0 aromatic carbocycles. The lowest BCUT2D eigenvalue weighted by Crippen LogP contribution is -2.54. The van der Waals surface area contributed by atoms with Gasteiger partial charge in [-0.15, -0.1) is 0 Å². The topological polar surface area (TPSA) is 43.4 Å². The van der Waals surface area contributed by atoms with Gasteiger partial charge in [-0.25, -0.2) is 0 Å². The highest BCUT2D eigenvalue weighted by molar-refractivity contribution is 6.01. The third-order valence-electron chi connectivity index (χ3n) is 9.76. The predicted molar refractivity (Wildman–Crippen MR) is 106 cm³/mol. The maximum atomic E-state index is 12.2. The molecule has 0 aromatic rings. The van der Waals surface area contributed by atoms with Gasteiger partial charge >= 0.3 is 5.97 Å². The minimum absolute atomic E-state index is 0.0159. The second-order valence-corrected chi connectivity index (χ2v) is 11.1. The summed E-state index contributed by atoms with van der Waals surface area (Å²) in [5, 5.41) is 0. The van der Waals surface area contributed by atoms with Gasteiger partial charge < -0.3 is 4.74 Å². The number of fused-ring (bicyclic) bond motifs is 7. The van der Waals surface area contributed by atoms with Gasteiger partial charge in [-0.2, -0.15) is 0 Å². The Labute approximate surface area is 167 Å². The third-order valence-corrected chi connectivity index (χ3v) is 9.76. The molecule has 7 atom stereocenters. The predicted octanol–water partition coefficient (Wildman–Crippen LogP) is 4.78. The molecule has 28 heavy (non-hydrogen) atoms. The van der Waals surface area contributed by atoms with E-state index in [1.54, 1.807) is 6.08 Å². The Morgan fingerprint density at radius 3 is 2.54 bits per heavy atom. The molecule has 0 aromatic heterocycles. The van der Waals surface area contributed by atoms with E-state index in [2.05, 4.69) is 39.0 Å². The number of carbonyl (C=O) groups excluding carboxylic acids is 2. The highest BCUT2D eigenvalue weighted by Gasteiger charge is 2.70. The van der Waals surface area contributed by atoms with Crippen LogP contribution in [0.1, 0.15) is 59.3 Å². The standard InChI is InChI=1S/C25H30O3/c1-15-13-25(9-6-20(27)28-25)23(3)8-5-18-17(21(15)23)14-24(10-11-24)19-12-16(26)4-7-22(18,19)2/h4-5,7-8,12,15,17-18,21H,6,9-11,13-14H2,1-3H3/t15?,17?,18?,21?,22-,23+,25+/m1/s1. The van der Waals surface area contributed by atoms with Crippen LogP contribution in [0.4, 0.5) is 0 Å². The normalized spacial score (nSPS) is 52.3. The Morgan fingerprint density at radius 1 is 1.07 bits per heavy atom. The van der Waals surface area contributed by atoms with E-state index < -0.39 is 0 Å². The molecule has 1 saturated heterocycles. The SMILES string of the molecule is CC1C[C@@]2(CCC(=O)O2)[C@@]2(C)C=CC3C(CC4(CC4)C4=CC(=O)C=C[C@@]43C)C12. The Kier molecular flexibility index (Phi) is 3.02. The molecule has 0 radical (unpaired) electrons. The van der Waals surface area contributed by atoms with Gasteiger partial charge in [0.15, 0.2) is 5.78 Å². The highest BCUT2D eigenvalue weighted by Crippen LogP contribution is 2.74. The zero-order valence-electron chi connectivity index (χ0n) is 17.2. The summed E-state index contributed by atoms with van der Waals surface area (Å²) in [6.07, 6.45) is 16.9. The second kappa shape index (κ2) is 4.91. The van der Waals surface area contributed by atoms with Crippen molar-refractivity contribution in [1.82, 2.24) is 0 Å². The summed E-state index contributed by atoms with van der Waals surface area (Å²) in [5.74, 6) is 2.25. The summed E-state index contributed by atoms with van der Waals surface area (Å²) in [5.41, 5.74) is 1.22. The van der Waals surface area contributed by atoms with Crippen molar-refractivity contribution in [2.45, 2.75) is 64.9 Å². The number of ketones is 1. The van der Waals surface area contributed by atoms with Gasteiger partial charge in [0, 0.05) is 17.3 Å². The van der Waals surface area contributed by atoms with Crippen molar-refractivity contribution in [2.24, 2.45) is 39.9 Å². The van der Waals surface area contributed by atoms with Crippen molar-refractivity contribution < 1.29 is 14.3 Å². The fourth-order valence-corrected chi connectivity index (χ4v) is 8.50. The van der Waals surface area contributed by atoms with E-state index in [9.17, 15) is 9.59 Å². The lowest BCUT2D eigenvalue weighted by molar-refractivity contribution is -0.157. The van der Waals surface area contributed by atoms with Gasteiger partial charge in [0.2, 0.25) is 0 Å². The molecule has 3 heteroatoms. The largest absolute Gasteiger partial charge is 0.458 e. The van der Waals surface area contributed by atoms with E-state index in [1.165, 1.54) is 24.8 Å². The average Bonchev–Trinajstić information content (AvgIpc) is 3.24. The summed E-state index contributed by atoms with van der Waals surface area (Å²) in [4.78, 5) is 24.3. The summed E-state index contributed by atoms with van der Waals surface area (Å²) >= 11 is 0. The van der Waals surface area contributed by atoms with Crippen LogP contribution in [0.3, 0.4) is 0 Å². The molecule has 2 spiro atoms. The van der Waals surface area contributed by atoms with Gasteiger partial charge in [0.05, 0.1) is 0 Å². The highest BCUT2D eigenvalue weighted by atomic mass is 16.6. The van der Waals surface area contributed by atoms with Gasteiger partial charge in [-0.1, -0.05) is 39.0 Å². The lowest BCUT2D eigenvalue weighted by atomic mass is 9.46. The van der Waals surface area contributed by atoms with E-state index in [0.29, 0.717) is 30.1 Å². The Hall–Kier alpha value is -1.64. The number of ether oxygens (including phenoxy) is 1. The number of hydrogen-bond donors (Lipinski definition) is 0. The van der Waals surface area contributed by atoms with Crippen molar-refractivity contribution in [2.75, 3.05) is 0 Å². The minimum Gasteiger partial charge on any atom is -0.458 e. The van der Waals surface area contributed by atoms with E-state index in [0.717, 1.165) is 12.8 Å². The van der Waals surface area contributed by atoms with Crippen molar-refractivity contribution in [3.63, 3.8) is 0 Å². The number of carbonyl (C=O) groups is 2. The molecular weight excluding hydrogens is 348 g/mol. The van der Waals surface area contributed by atoms with Crippen LogP contribution in [0.25, 0.3) is 0 Å². The molecular formula is C25H30O3. The van der Waals surface area contributed by atoms with Crippen molar-refractivity contribution in [3.05, 3.63) is 36.0 Å². The van der Waals surface area contributed by atoms with Crippen LogP contribution in [0, 0.1) is 39.9 Å². The van der Waals surface area contributed by atoms with Gasteiger partial charge in [-0.3, -0.25) is 9.59 Å². The molecule has 5 aliphatic carbocycles. The van der Waals surface area contributed by atoms with Crippen molar-refractivity contribution in [1.29, 1.82) is 0 Å². The molecule has 0 N–H and O–H groups in total. The van der Waals surface area contributed by atoms with Gasteiger partial charge in [0.25, 0.3) is 0 Å². The Balaban J connectivity index is 1.49. The summed E-state index contributed by atoms with van der Waals surface area (Å²) in [7, 11) is 0. The fourth-order valence-electron chi connectivity index (χ4n) is 8.50. The molecule has 148 valence electrons. The molecule has 6 aliphatic rings. The zero-order valence-corrected chi connectivity index (χ0v) is 17.2. The number of allylic oxidation sites excluding steroid dienone is 5. The van der Waals surface area contributed by atoms with Crippen LogP contribution in [-0.2, 0) is 14.3 Å². The van der Waals surface area contributed by atoms with Crippen LogP contribution in [0.2, 0.25) is 0 Å². The summed E-state index contributed by atoms with van der Waals surface area (Å²) in [6.45, 7) is 7.10. The van der Waals surface area contributed by atoms with Crippen LogP contribution in [-0.4, -0.2) is 17.4 Å². The first-order valence-electron chi connectivity index (χ1n) is 11.1. The fraction of sp³-hybridized carbons (Fsp3) is 0.680.